The zero-order valence-corrected chi connectivity index (χ0v) is 12.9. The number of benzene rings is 1. The number of carbonyl (C=O) groups is 1. The molecule has 2 rings (SSSR count). The molecule has 23 heavy (non-hydrogen) atoms. The predicted octanol–water partition coefficient (Wildman–Crippen LogP) is 2.39. The highest BCUT2D eigenvalue weighted by molar-refractivity contribution is 5.75. The minimum atomic E-state index is -0.715. The molecule has 0 atom stereocenters. The van der Waals surface area contributed by atoms with Gasteiger partial charge >= 0.3 is 11.7 Å². The number of amides is 1. The van der Waals surface area contributed by atoms with Crippen molar-refractivity contribution in [1.29, 1.82) is 0 Å². The normalized spacial score (nSPS) is 10.4. The molecule has 0 unspecified atom stereocenters. The van der Waals surface area contributed by atoms with Crippen LogP contribution in [-0.2, 0) is 6.42 Å². The number of hydrogen-bond acceptors (Lipinski definition) is 6. The summed E-state index contributed by atoms with van der Waals surface area (Å²) in [5, 5.41) is 14.9. The maximum atomic E-state index is 11.3. The van der Waals surface area contributed by atoms with Crippen LogP contribution in [0.2, 0.25) is 0 Å². The number of rotatable bonds is 5. The van der Waals surface area contributed by atoms with Crippen LogP contribution in [0.25, 0.3) is 0 Å². The Bertz CT molecular complexity index is 769. The molecular formula is C14H16N4O5. The summed E-state index contributed by atoms with van der Waals surface area (Å²) in [5.41, 5.74) is 6.39. The summed E-state index contributed by atoms with van der Waals surface area (Å²) >= 11 is 0. The second-order valence-corrected chi connectivity index (χ2v) is 4.67. The lowest BCUT2D eigenvalue weighted by molar-refractivity contribution is -0.385. The van der Waals surface area contributed by atoms with Crippen LogP contribution in [0.4, 0.5) is 10.5 Å². The molecule has 0 aliphatic rings. The number of nitro benzene ring substituents is 1. The van der Waals surface area contributed by atoms with Gasteiger partial charge in [0.25, 0.3) is 0 Å². The lowest BCUT2D eigenvalue weighted by Gasteiger charge is -2.07. The number of nitro groups is 1. The molecule has 9 heteroatoms. The maximum Gasteiger partial charge on any atom is 0.339 e. The summed E-state index contributed by atoms with van der Waals surface area (Å²) in [7, 11) is 1.33. The Morgan fingerprint density at radius 1 is 1.48 bits per heavy atom. The summed E-state index contributed by atoms with van der Waals surface area (Å²) in [6.45, 7) is 3.60. The lowest BCUT2D eigenvalue weighted by atomic mass is 10.2. The zero-order valence-electron chi connectivity index (χ0n) is 12.9. The largest absolute Gasteiger partial charge is 0.490 e. The van der Waals surface area contributed by atoms with Crippen molar-refractivity contribution in [3.63, 3.8) is 0 Å². The van der Waals surface area contributed by atoms with E-state index in [2.05, 4.69) is 5.10 Å². The van der Waals surface area contributed by atoms with Gasteiger partial charge in [-0.1, -0.05) is 6.92 Å². The Balaban J connectivity index is 2.41. The third-order valence-electron chi connectivity index (χ3n) is 3.33. The van der Waals surface area contributed by atoms with Gasteiger partial charge in [-0.15, -0.1) is 5.10 Å². The van der Waals surface area contributed by atoms with Crippen molar-refractivity contribution in [1.82, 2.24) is 9.78 Å². The zero-order chi connectivity index (χ0) is 17.1. The molecule has 0 radical (unpaired) electrons. The van der Waals surface area contributed by atoms with E-state index in [9.17, 15) is 14.9 Å². The third-order valence-corrected chi connectivity index (χ3v) is 3.33. The van der Waals surface area contributed by atoms with Crippen LogP contribution < -0.4 is 15.2 Å². The molecule has 1 heterocycles. The van der Waals surface area contributed by atoms with Crippen LogP contribution in [0, 0.1) is 17.0 Å². The van der Waals surface area contributed by atoms with Crippen molar-refractivity contribution in [2.24, 2.45) is 5.73 Å². The summed E-state index contributed by atoms with van der Waals surface area (Å²) < 4.78 is 11.7. The van der Waals surface area contributed by atoms with Gasteiger partial charge in [-0.25, -0.2) is 4.79 Å². The topological polar surface area (TPSA) is 123 Å². The first-order valence-corrected chi connectivity index (χ1v) is 6.77. The first-order chi connectivity index (χ1) is 10.9. The SMILES string of the molecule is CCc1c(Oc2ccc([N+](=O)[O-])c(OC)c2)nn(C(N)=O)c1C. The number of nitrogens with zero attached hydrogens (tertiary/aromatic N) is 3. The Kier molecular flexibility index (Phi) is 4.49. The second kappa shape index (κ2) is 6.34. The van der Waals surface area contributed by atoms with Crippen molar-refractivity contribution in [2.45, 2.75) is 20.3 Å². The van der Waals surface area contributed by atoms with Crippen LogP contribution in [0.1, 0.15) is 18.2 Å². The number of carbonyl (C=O) groups excluding carboxylic acids is 1. The number of methoxy groups -OCH3 is 1. The highest BCUT2D eigenvalue weighted by atomic mass is 16.6. The molecule has 0 spiro atoms. The average Bonchev–Trinajstić information content (AvgIpc) is 2.82. The van der Waals surface area contributed by atoms with Gasteiger partial charge in [-0.05, 0) is 19.4 Å². The first kappa shape index (κ1) is 16.3. The number of ether oxygens (including phenoxy) is 2. The van der Waals surface area contributed by atoms with Crippen LogP contribution in [0.3, 0.4) is 0 Å². The van der Waals surface area contributed by atoms with E-state index in [1.165, 1.54) is 25.3 Å². The van der Waals surface area contributed by atoms with Crippen LogP contribution in [0.15, 0.2) is 18.2 Å². The molecule has 0 bridgehead atoms. The molecule has 9 nitrogen and oxygen atoms in total. The monoisotopic (exact) mass is 320 g/mol. The fourth-order valence-electron chi connectivity index (χ4n) is 2.20. The Morgan fingerprint density at radius 3 is 2.70 bits per heavy atom. The van der Waals surface area contributed by atoms with Crippen molar-refractivity contribution in [3.05, 3.63) is 39.6 Å². The van der Waals surface area contributed by atoms with Gasteiger partial charge in [0.05, 0.1) is 17.7 Å². The van der Waals surface area contributed by atoms with Gasteiger partial charge < -0.3 is 15.2 Å². The molecule has 0 aliphatic heterocycles. The van der Waals surface area contributed by atoms with Gasteiger partial charge in [0.1, 0.15) is 5.75 Å². The fraction of sp³-hybridized carbons (Fsp3) is 0.286. The van der Waals surface area contributed by atoms with Gasteiger partial charge in [0, 0.05) is 17.7 Å². The maximum absolute atomic E-state index is 11.3. The molecule has 0 saturated heterocycles. The molecule has 1 aromatic carbocycles. The van der Waals surface area contributed by atoms with E-state index in [4.69, 9.17) is 15.2 Å². The van der Waals surface area contributed by atoms with E-state index in [1.54, 1.807) is 6.92 Å². The molecule has 0 aliphatic carbocycles. The third kappa shape index (κ3) is 3.07. The van der Waals surface area contributed by atoms with Gasteiger partial charge in [-0.3, -0.25) is 10.1 Å². The molecule has 1 amide bonds. The number of primary amides is 1. The molecular weight excluding hydrogens is 304 g/mol. The van der Waals surface area contributed by atoms with Gasteiger partial charge in [-0.2, -0.15) is 4.68 Å². The number of aromatic nitrogens is 2. The van der Waals surface area contributed by atoms with E-state index < -0.39 is 11.0 Å². The smallest absolute Gasteiger partial charge is 0.339 e. The fourth-order valence-corrected chi connectivity index (χ4v) is 2.20. The van der Waals surface area contributed by atoms with Crippen LogP contribution in [0.5, 0.6) is 17.4 Å². The molecule has 0 saturated carbocycles. The highest BCUT2D eigenvalue weighted by Gasteiger charge is 2.20. The summed E-state index contributed by atoms with van der Waals surface area (Å²) in [6.07, 6.45) is 0.582. The van der Waals surface area contributed by atoms with Crippen LogP contribution in [-0.4, -0.2) is 27.8 Å². The first-order valence-electron chi connectivity index (χ1n) is 6.77. The van der Waals surface area contributed by atoms with Crippen molar-refractivity contribution in [2.75, 3.05) is 7.11 Å². The lowest BCUT2D eigenvalue weighted by Crippen LogP contribution is -2.22. The Hall–Kier alpha value is -3.10. The standard InChI is InChI=1S/C14H16N4O5/c1-4-10-8(2)17(14(15)19)16-13(10)23-9-5-6-11(18(20)21)12(7-9)22-3/h5-7H,4H2,1-3H3,(H2,15,19). The number of nitrogens with two attached hydrogens (primary N) is 1. The van der Waals surface area contributed by atoms with E-state index >= 15 is 0 Å². The van der Waals surface area contributed by atoms with Crippen molar-refractivity contribution in [3.8, 4) is 17.4 Å². The van der Waals surface area contributed by atoms with E-state index in [0.717, 1.165) is 10.2 Å². The minimum absolute atomic E-state index is 0.0663. The minimum Gasteiger partial charge on any atom is -0.490 e. The molecule has 2 N–H and O–H groups in total. The van der Waals surface area contributed by atoms with Crippen molar-refractivity contribution >= 4 is 11.7 Å². The molecule has 122 valence electrons. The van der Waals surface area contributed by atoms with E-state index in [0.29, 0.717) is 17.9 Å². The van der Waals surface area contributed by atoms with Gasteiger partial charge in [0.2, 0.25) is 11.6 Å². The Morgan fingerprint density at radius 2 is 2.17 bits per heavy atom. The average molecular weight is 320 g/mol. The van der Waals surface area contributed by atoms with Crippen LogP contribution >= 0.6 is 0 Å². The van der Waals surface area contributed by atoms with E-state index in [-0.39, 0.29) is 17.3 Å². The molecule has 1 aromatic heterocycles. The van der Waals surface area contributed by atoms with Crippen molar-refractivity contribution < 1.29 is 19.2 Å². The second-order valence-electron chi connectivity index (χ2n) is 4.67. The predicted molar refractivity (Wildman–Crippen MR) is 81.0 cm³/mol. The van der Waals surface area contributed by atoms with Gasteiger partial charge in [0.15, 0.2) is 0 Å². The summed E-state index contributed by atoms with van der Waals surface area (Å²) in [6, 6.07) is 3.38. The molecule has 0 fully saturated rings. The Labute approximate surface area is 131 Å². The summed E-state index contributed by atoms with van der Waals surface area (Å²) in [4.78, 5) is 21.7. The van der Waals surface area contributed by atoms with E-state index in [1.807, 2.05) is 6.92 Å². The molecule has 2 aromatic rings. The number of hydrogen-bond donors (Lipinski definition) is 1. The quantitative estimate of drug-likeness (QED) is 0.666. The highest BCUT2D eigenvalue weighted by Crippen LogP contribution is 2.34. The summed E-state index contributed by atoms with van der Waals surface area (Å²) in [5.74, 6) is 0.590.